The van der Waals surface area contributed by atoms with E-state index in [-0.39, 0.29) is 29.3 Å². The molecule has 0 atom stereocenters. The number of amides is 2. The Morgan fingerprint density at radius 1 is 1.30 bits per heavy atom. The Balaban J connectivity index is 1.89. The van der Waals surface area contributed by atoms with Crippen molar-refractivity contribution in [3.63, 3.8) is 0 Å². The molecule has 0 bridgehead atoms. The number of ether oxygens (including phenoxy) is 2. The summed E-state index contributed by atoms with van der Waals surface area (Å²) < 4.78 is 10.1. The lowest BCUT2D eigenvalue weighted by Gasteiger charge is -2.28. The fraction of sp³-hybridized carbons (Fsp3) is 0.471. The van der Waals surface area contributed by atoms with Crippen molar-refractivity contribution in [3.8, 4) is 0 Å². The van der Waals surface area contributed by atoms with Gasteiger partial charge >= 0.3 is 5.97 Å². The van der Waals surface area contributed by atoms with Crippen LogP contribution < -0.4 is 0 Å². The van der Waals surface area contributed by atoms with Crippen molar-refractivity contribution in [1.82, 2.24) is 9.80 Å². The van der Waals surface area contributed by atoms with Crippen LogP contribution in [0.3, 0.4) is 0 Å². The zero-order valence-electron chi connectivity index (χ0n) is 15.2. The van der Waals surface area contributed by atoms with Crippen molar-refractivity contribution in [3.05, 3.63) is 39.4 Å². The summed E-state index contributed by atoms with van der Waals surface area (Å²) in [7, 11) is 1.44. The van der Waals surface area contributed by atoms with Crippen LogP contribution in [0.25, 0.3) is 0 Å². The molecule has 1 fully saturated rings. The molecule has 0 aromatic heterocycles. The number of benzene rings is 1. The van der Waals surface area contributed by atoms with Crippen LogP contribution in [0.5, 0.6) is 0 Å². The Bertz CT molecular complexity index is 744. The smallest absolute Gasteiger partial charge is 0.339 e. The molecule has 0 aliphatic carbocycles. The van der Waals surface area contributed by atoms with Crippen LogP contribution in [-0.2, 0) is 19.1 Å². The summed E-state index contributed by atoms with van der Waals surface area (Å²) in [6, 6.07) is 4.04. The second kappa shape index (κ2) is 9.08. The van der Waals surface area contributed by atoms with Gasteiger partial charge in [-0.2, -0.15) is 0 Å². The minimum Gasteiger partial charge on any atom is -0.452 e. The maximum Gasteiger partial charge on any atom is 0.339 e. The Hall–Kier alpha value is -3.01. The molecule has 0 spiro atoms. The van der Waals surface area contributed by atoms with Crippen LogP contribution in [0.2, 0.25) is 0 Å². The number of nitro groups is 1. The molecule has 1 aromatic carbocycles. The second-order valence-electron chi connectivity index (χ2n) is 6.03. The Kier molecular flexibility index (Phi) is 6.83. The number of carbonyl (C=O) groups is 3. The molecule has 1 heterocycles. The molecule has 0 N–H and O–H groups in total. The van der Waals surface area contributed by atoms with Crippen LogP contribution in [0.15, 0.2) is 18.2 Å². The average molecular weight is 379 g/mol. The van der Waals surface area contributed by atoms with E-state index in [0.29, 0.717) is 26.3 Å². The van der Waals surface area contributed by atoms with E-state index in [4.69, 9.17) is 9.47 Å². The number of esters is 1. The van der Waals surface area contributed by atoms with E-state index in [0.717, 1.165) is 0 Å². The fourth-order valence-electron chi connectivity index (χ4n) is 2.56. The average Bonchev–Trinajstić information content (AvgIpc) is 2.66. The molecule has 2 amide bonds. The molecule has 0 radical (unpaired) electrons. The minimum absolute atomic E-state index is 0.0176. The lowest BCUT2D eigenvalue weighted by Crippen LogP contribution is -2.46. The molecule has 1 aromatic rings. The first-order valence-electron chi connectivity index (χ1n) is 8.32. The summed E-state index contributed by atoms with van der Waals surface area (Å²) in [4.78, 5) is 49.5. The zero-order chi connectivity index (χ0) is 20.0. The standard InChI is InChI=1S/C17H21N3O7/c1-12-13(4-3-5-14(12)20(24)25)17(23)27-11-16(22)18(2)10-15(21)19-6-8-26-9-7-19/h3-5H,6-11H2,1-2H3. The quantitative estimate of drug-likeness (QED) is 0.398. The van der Waals surface area contributed by atoms with E-state index in [2.05, 4.69) is 0 Å². The summed E-state index contributed by atoms with van der Waals surface area (Å²) in [5, 5.41) is 10.9. The Morgan fingerprint density at radius 3 is 2.59 bits per heavy atom. The zero-order valence-corrected chi connectivity index (χ0v) is 15.2. The van der Waals surface area contributed by atoms with Gasteiger partial charge in [0.05, 0.1) is 30.2 Å². The SMILES string of the molecule is Cc1c(C(=O)OCC(=O)N(C)CC(=O)N2CCOCC2)cccc1[N+](=O)[O-]. The largest absolute Gasteiger partial charge is 0.452 e. The van der Waals surface area contributed by atoms with E-state index in [9.17, 15) is 24.5 Å². The first kappa shape index (κ1) is 20.3. The minimum atomic E-state index is -0.836. The van der Waals surface area contributed by atoms with Crippen molar-refractivity contribution < 1.29 is 28.8 Å². The van der Waals surface area contributed by atoms with E-state index in [1.165, 1.54) is 37.1 Å². The molecule has 0 unspecified atom stereocenters. The van der Waals surface area contributed by atoms with Crippen LogP contribution in [0, 0.1) is 17.0 Å². The lowest BCUT2D eigenvalue weighted by atomic mass is 10.1. The van der Waals surface area contributed by atoms with Gasteiger partial charge in [-0.3, -0.25) is 19.7 Å². The van der Waals surface area contributed by atoms with Crippen molar-refractivity contribution in [1.29, 1.82) is 0 Å². The number of likely N-dealkylation sites (N-methyl/N-ethyl adjacent to an activating group) is 1. The van der Waals surface area contributed by atoms with Crippen LogP contribution in [0.1, 0.15) is 15.9 Å². The normalized spacial score (nSPS) is 13.8. The van der Waals surface area contributed by atoms with E-state index >= 15 is 0 Å². The second-order valence-corrected chi connectivity index (χ2v) is 6.03. The van der Waals surface area contributed by atoms with Gasteiger partial charge < -0.3 is 19.3 Å². The summed E-state index contributed by atoms with van der Waals surface area (Å²) in [5.74, 6) is -1.60. The molecule has 10 nitrogen and oxygen atoms in total. The predicted molar refractivity (Wildman–Crippen MR) is 93.2 cm³/mol. The molecule has 0 saturated carbocycles. The van der Waals surface area contributed by atoms with Gasteiger partial charge in [-0.25, -0.2) is 4.79 Å². The monoisotopic (exact) mass is 379 g/mol. The van der Waals surface area contributed by atoms with E-state index in [1.807, 2.05) is 0 Å². The Labute approximate surface area is 155 Å². The number of morpholine rings is 1. The van der Waals surface area contributed by atoms with Gasteiger partial charge in [0.1, 0.15) is 0 Å². The third-order valence-corrected chi connectivity index (χ3v) is 4.21. The summed E-state index contributed by atoms with van der Waals surface area (Å²) in [5.41, 5.74) is -0.0242. The van der Waals surface area contributed by atoms with E-state index < -0.39 is 23.4 Å². The number of hydrogen-bond donors (Lipinski definition) is 0. The molecule has 1 saturated heterocycles. The first-order valence-corrected chi connectivity index (χ1v) is 8.32. The van der Waals surface area contributed by atoms with Gasteiger partial charge in [0.2, 0.25) is 5.91 Å². The van der Waals surface area contributed by atoms with Crippen molar-refractivity contribution >= 4 is 23.5 Å². The lowest BCUT2D eigenvalue weighted by molar-refractivity contribution is -0.385. The number of carbonyl (C=O) groups excluding carboxylic acids is 3. The topological polar surface area (TPSA) is 119 Å². The molecule has 27 heavy (non-hydrogen) atoms. The molecule has 2 rings (SSSR count). The highest BCUT2D eigenvalue weighted by Crippen LogP contribution is 2.21. The van der Waals surface area contributed by atoms with Crippen molar-refractivity contribution in [2.24, 2.45) is 0 Å². The summed E-state index contributed by atoms with van der Waals surface area (Å²) >= 11 is 0. The maximum absolute atomic E-state index is 12.1. The van der Waals surface area contributed by atoms with Gasteiger partial charge in [0.15, 0.2) is 6.61 Å². The van der Waals surface area contributed by atoms with Crippen LogP contribution >= 0.6 is 0 Å². The number of nitrogens with zero attached hydrogens (tertiary/aromatic N) is 3. The van der Waals surface area contributed by atoms with Crippen molar-refractivity contribution in [2.45, 2.75) is 6.92 Å². The number of nitro benzene ring substituents is 1. The highest BCUT2D eigenvalue weighted by Gasteiger charge is 2.23. The molecule has 1 aliphatic heterocycles. The van der Waals surface area contributed by atoms with Gasteiger partial charge in [-0.1, -0.05) is 6.07 Å². The van der Waals surface area contributed by atoms with Gasteiger partial charge in [0, 0.05) is 31.8 Å². The van der Waals surface area contributed by atoms with Gasteiger partial charge in [-0.15, -0.1) is 0 Å². The highest BCUT2D eigenvalue weighted by molar-refractivity contribution is 5.94. The molecule has 146 valence electrons. The third kappa shape index (κ3) is 5.23. The molecular formula is C17H21N3O7. The predicted octanol–water partition coefficient (Wildman–Crippen LogP) is 0.377. The molecule has 1 aliphatic rings. The maximum atomic E-state index is 12.1. The third-order valence-electron chi connectivity index (χ3n) is 4.21. The van der Waals surface area contributed by atoms with Crippen molar-refractivity contribution in [2.75, 3.05) is 46.5 Å². The number of hydrogen-bond acceptors (Lipinski definition) is 7. The molecular weight excluding hydrogens is 358 g/mol. The summed E-state index contributed by atoms with van der Waals surface area (Å²) in [6.45, 7) is 2.61. The Morgan fingerprint density at radius 2 is 1.96 bits per heavy atom. The number of rotatable bonds is 6. The molecule has 10 heteroatoms. The fourth-order valence-corrected chi connectivity index (χ4v) is 2.56. The van der Waals surface area contributed by atoms with Crippen LogP contribution in [0.4, 0.5) is 5.69 Å². The van der Waals surface area contributed by atoms with E-state index in [1.54, 1.807) is 4.90 Å². The highest BCUT2D eigenvalue weighted by atomic mass is 16.6. The van der Waals surface area contributed by atoms with Gasteiger partial charge in [0.25, 0.3) is 11.6 Å². The van der Waals surface area contributed by atoms with Crippen LogP contribution in [-0.4, -0.2) is 79.0 Å². The summed E-state index contributed by atoms with van der Waals surface area (Å²) in [6.07, 6.45) is 0. The van der Waals surface area contributed by atoms with Gasteiger partial charge in [-0.05, 0) is 13.0 Å². The first-order chi connectivity index (χ1) is 12.8.